The van der Waals surface area contributed by atoms with Crippen molar-refractivity contribution < 1.29 is 33.3 Å². The number of carbonyl (C=O) groups excluding carboxylic acids is 3. The first kappa shape index (κ1) is 29.2. The Hall–Kier alpha value is -3.87. The molecular formula is C28H34O7. The summed E-state index contributed by atoms with van der Waals surface area (Å²) in [6, 6.07) is 9.80. The zero-order valence-electron chi connectivity index (χ0n) is 21.7. The number of fused-ring (bicyclic) bond motifs is 4. The minimum Gasteiger partial charge on any atom is -0.456 e. The Labute approximate surface area is 207 Å². The monoisotopic (exact) mass is 482 g/mol. The lowest BCUT2D eigenvalue weighted by molar-refractivity contribution is -0.145. The summed E-state index contributed by atoms with van der Waals surface area (Å²) in [4.78, 5) is 35.1. The maximum Gasteiger partial charge on any atom is 0.335 e. The second kappa shape index (κ2) is 12.6. The van der Waals surface area contributed by atoms with Crippen LogP contribution in [0.15, 0.2) is 60.7 Å². The summed E-state index contributed by atoms with van der Waals surface area (Å²) in [7, 11) is 0. The van der Waals surface area contributed by atoms with Crippen LogP contribution in [0.4, 0.5) is 0 Å². The highest BCUT2D eigenvalue weighted by molar-refractivity contribution is 5.94. The predicted octanol–water partition coefficient (Wildman–Crippen LogP) is 6.63. The van der Waals surface area contributed by atoms with E-state index in [0.29, 0.717) is 39.7 Å². The SMILES string of the molecule is C=C.CC.CC.CC(=O)Oc1ccc2c(c1)Oc1cc(OC(C)=O)ccc1C21OC(=O)C(C)=C1C. The molecule has 188 valence electrons. The van der Waals surface area contributed by atoms with Gasteiger partial charge < -0.3 is 18.9 Å². The number of esters is 3. The molecule has 0 fully saturated rings. The summed E-state index contributed by atoms with van der Waals surface area (Å²) in [5, 5.41) is 0. The Morgan fingerprint density at radius 1 is 0.800 bits per heavy atom. The van der Waals surface area contributed by atoms with Gasteiger partial charge in [-0.2, -0.15) is 0 Å². The van der Waals surface area contributed by atoms with Gasteiger partial charge in [0, 0.05) is 42.7 Å². The summed E-state index contributed by atoms with van der Waals surface area (Å²) in [6.45, 7) is 20.1. The van der Waals surface area contributed by atoms with Gasteiger partial charge in [-0.05, 0) is 43.7 Å². The van der Waals surface area contributed by atoms with Crippen LogP contribution in [0.3, 0.4) is 0 Å². The van der Waals surface area contributed by atoms with Crippen molar-refractivity contribution in [3.8, 4) is 23.0 Å². The molecule has 0 unspecified atom stereocenters. The van der Waals surface area contributed by atoms with Gasteiger partial charge in [0.2, 0.25) is 0 Å². The summed E-state index contributed by atoms with van der Waals surface area (Å²) < 4.78 is 22.2. The van der Waals surface area contributed by atoms with Gasteiger partial charge in [0.25, 0.3) is 0 Å². The van der Waals surface area contributed by atoms with E-state index >= 15 is 0 Å². The zero-order chi connectivity index (χ0) is 26.9. The van der Waals surface area contributed by atoms with E-state index in [-0.39, 0.29) is 0 Å². The van der Waals surface area contributed by atoms with Gasteiger partial charge in [0.05, 0.1) is 0 Å². The largest absolute Gasteiger partial charge is 0.456 e. The minimum absolute atomic E-state index is 0.300. The number of rotatable bonds is 2. The van der Waals surface area contributed by atoms with Crippen molar-refractivity contribution in [2.24, 2.45) is 0 Å². The summed E-state index contributed by atoms with van der Waals surface area (Å²) in [5.74, 6) is -0.00706. The van der Waals surface area contributed by atoms with Crippen LogP contribution in [-0.2, 0) is 24.7 Å². The Morgan fingerprint density at radius 3 is 1.51 bits per heavy atom. The molecule has 4 rings (SSSR count). The molecule has 2 aromatic rings. The van der Waals surface area contributed by atoms with Crippen molar-refractivity contribution in [3.63, 3.8) is 0 Å². The molecule has 0 atom stereocenters. The molecule has 0 amide bonds. The highest BCUT2D eigenvalue weighted by Gasteiger charge is 2.52. The third kappa shape index (κ3) is 5.62. The fraction of sp³-hybridized carbons (Fsp3) is 0.321. The normalized spacial score (nSPS) is 13.7. The van der Waals surface area contributed by atoms with Crippen LogP contribution in [0.25, 0.3) is 0 Å². The van der Waals surface area contributed by atoms with Crippen LogP contribution in [0.5, 0.6) is 23.0 Å². The molecule has 0 saturated carbocycles. The Bertz CT molecular complexity index is 1060. The van der Waals surface area contributed by atoms with Gasteiger partial charge in [-0.3, -0.25) is 9.59 Å². The summed E-state index contributed by atoms with van der Waals surface area (Å²) in [6.07, 6.45) is 0. The molecule has 2 heterocycles. The van der Waals surface area contributed by atoms with E-state index in [1.54, 1.807) is 43.3 Å². The molecule has 0 N–H and O–H groups in total. The van der Waals surface area contributed by atoms with Crippen LogP contribution in [-0.4, -0.2) is 17.9 Å². The standard InChI is InChI=1S/C22H18O7.2C2H6.C2H4/c1-11-12(2)22(29-21(11)25)17-7-5-15(26-13(3)23)9-19(17)28-20-10-16(27-14(4)24)6-8-18(20)22;3*1-2/h5-10H,1-4H3;2*1-2H3;1-2H2. The lowest BCUT2D eigenvalue weighted by Gasteiger charge is -2.37. The molecule has 2 aliphatic heterocycles. The van der Waals surface area contributed by atoms with Crippen molar-refractivity contribution >= 4 is 17.9 Å². The molecule has 1 spiro atoms. The first-order valence-corrected chi connectivity index (χ1v) is 11.5. The maximum atomic E-state index is 12.4. The van der Waals surface area contributed by atoms with Gasteiger partial charge in [-0.25, -0.2) is 4.79 Å². The zero-order valence-corrected chi connectivity index (χ0v) is 21.7. The molecule has 0 radical (unpaired) electrons. The smallest absolute Gasteiger partial charge is 0.335 e. The summed E-state index contributed by atoms with van der Waals surface area (Å²) >= 11 is 0. The number of benzene rings is 2. The van der Waals surface area contributed by atoms with Gasteiger partial charge in [-0.15, -0.1) is 13.2 Å². The first-order chi connectivity index (χ1) is 16.7. The summed E-state index contributed by atoms with van der Waals surface area (Å²) in [5.41, 5.74) is 1.30. The average Bonchev–Trinajstić information content (AvgIpc) is 3.06. The molecule has 7 heteroatoms. The highest BCUT2D eigenvalue weighted by Crippen LogP contribution is 2.56. The van der Waals surface area contributed by atoms with E-state index in [1.165, 1.54) is 13.8 Å². The maximum absolute atomic E-state index is 12.4. The average molecular weight is 483 g/mol. The van der Waals surface area contributed by atoms with Crippen molar-refractivity contribution in [1.29, 1.82) is 0 Å². The van der Waals surface area contributed by atoms with Crippen LogP contribution >= 0.6 is 0 Å². The lowest BCUT2D eigenvalue weighted by atomic mass is 9.78. The van der Waals surface area contributed by atoms with E-state index in [2.05, 4.69) is 13.2 Å². The van der Waals surface area contributed by atoms with E-state index < -0.39 is 23.5 Å². The molecule has 2 aliphatic rings. The predicted molar refractivity (Wildman–Crippen MR) is 135 cm³/mol. The minimum atomic E-state index is -1.17. The number of carbonyl (C=O) groups is 3. The number of hydrogen-bond donors (Lipinski definition) is 0. The Balaban J connectivity index is 0.000000949. The molecular weight excluding hydrogens is 448 g/mol. The third-order valence-corrected chi connectivity index (χ3v) is 5.05. The molecule has 7 nitrogen and oxygen atoms in total. The van der Waals surface area contributed by atoms with Crippen LogP contribution in [0, 0.1) is 0 Å². The molecule has 35 heavy (non-hydrogen) atoms. The highest BCUT2D eigenvalue weighted by atomic mass is 16.6. The van der Waals surface area contributed by atoms with Gasteiger partial charge in [0.15, 0.2) is 5.60 Å². The second-order valence-corrected chi connectivity index (χ2v) is 6.93. The molecule has 2 aromatic carbocycles. The molecule has 0 aliphatic carbocycles. The fourth-order valence-electron chi connectivity index (χ4n) is 3.70. The van der Waals surface area contributed by atoms with Crippen LogP contribution in [0.1, 0.15) is 66.5 Å². The molecule has 0 aromatic heterocycles. The van der Waals surface area contributed by atoms with E-state index in [4.69, 9.17) is 18.9 Å². The van der Waals surface area contributed by atoms with Crippen molar-refractivity contribution in [3.05, 3.63) is 71.8 Å². The van der Waals surface area contributed by atoms with Gasteiger partial charge in [0.1, 0.15) is 23.0 Å². The van der Waals surface area contributed by atoms with Crippen LogP contribution in [0.2, 0.25) is 0 Å². The second-order valence-electron chi connectivity index (χ2n) is 6.93. The van der Waals surface area contributed by atoms with E-state index in [1.807, 2.05) is 34.6 Å². The Morgan fingerprint density at radius 2 is 1.20 bits per heavy atom. The first-order valence-electron chi connectivity index (χ1n) is 11.5. The van der Waals surface area contributed by atoms with Crippen molar-refractivity contribution in [2.45, 2.75) is 61.0 Å². The molecule has 0 bridgehead atoms. The number of ether oxygens (including phenoxy) is 4. The van der Waals surface area contributed by atoms with Gasteiger partial charge >= 0.3 is 17.9 Å². The fourth-order valence-corrected chi connectivity index (χ4v) is 3.70. The Kier molecular flexibility index (Phi) is 10.5. The number of hydrogen-bond acceptors (Lipinski definition) is 7. The topological polar surface area (TPSA) is 88.1 Å². The quantitative estimate of drug-likeness (QED) is 0.269. The lowest BCUT2D eigenvalue weighted by Crippen LogP contribution is -2.33. The van der Waals surface area contributed by atoms with E-state index in [0.717, 1.165) is 5.57 Å². The molecule has 0 saturated heterocycles. The third-order valence-electron chi connectivity index (χ3n) is 5.05. The van der Waals surface area contributed by atoms with E-state index in [9.17, 15) is 14.4 Å². The van der Waals surface area contributed by atoms with Gasteiger partial charge in [-0.1, -0.05) is 27.7 Å². The van der Waals surface area contributed by atoms with Crippen molar-refractivity contribution in [2.75, 3.05) is 0 Å². The van der Waals surface area contributed by atoms with Crippen molar-refractivity contribution in [1.82, 2.24) is 0 Å². The van der Waals surface area contributed by atoms with Crippen LogP contribution < -0.4 is 14.2 Å².